The summed E-state index contributed by atoms with van der Waals surface area (Å²) in [6.07, 6.45) is 1.11. The lowest BCUT2D eigenvalue weighted by molar-refractivity contribution is 0.0938. The second-order valence-corrected chi connectivity index (χ2v) is 5.11. The van der Waals surface area contributed by atoms with Crippen LogP contribution in [0.1, 0.15) is 20.3 Å². The smallest absolute Gasteiger partial charge is 0.0624 e. The van der Waals surface area contributed by atoms with Crippen LogP contribution in [-0.2, 0) is 0 Å². The summed E-state index contributed by atoms with van der Waals surface area (Å²) in [4.78, 5) is 0. The maximum atomic E-state index is 9.15. The fourth-order valence-electron chi connectivity index (χ4n) is 1.29. The molecule has 0 aromatic heterocycles. The molecule has 0 saturated carbocycles. The Bertz CT molecular complexity index is 149. The Morgan fingerprint density at radius 1 is 1.55 bits per heavy atom. The van der Waals surface area contributed by atoms with Crippen LogP contribution in [0.4, 0.5) is 0 Å². The van der Waals surface area contributed by atoms with Crippen LogP contribution in [0.3, 0.4) is 0 Å². The molecule has 1 heterocycles. The van der Waals surface area contributed by atoms with Gasteiger partial charge in [-0.25, -0.2) is 0 Å². The van der Waals surface area contributed by atoms with Gasteiger partial charge in [-0.3, -0.25) is 0 Å². The van der Waals surface area contributed by atoms with Gasteiger partial charge in [-0.1, -0.05) is 13.8 Å². The molecule has 0 aromatic carbocycles. The second-order valence-electron chi connectivity index (χ2n) is 4.00. The van der Waals surface area contributed by atoms with Crippen molar-refractivity contribution in [2.45, 2.75) is 25.8 Å². The van der Waals surface area contributed by atoms with E-state index in [4.69, 9.17) is 10.8 Å². The van der Waals surface area contributed by atoms with Gasteiger partial charge in [-0.05, 0) is 17.6 Å². The topological polar surface area (TPSA) is 46.2 Å². The monoisotopic (exact) mass is 175 g/mol. The Morgan fingerprint density at radius 2 is 2.18 bits per heavy atom. The number of aliphatic hydroxyl groups is 1. The van der Waals surface area contributed by atoms with E-state index in [9.17, 15) is 0 Å². The van der Waals surface area contributed by atoms with Crippen molar-refractivity contribution in [3.63, 3.8) is 0 Å². The quantitative estimate of drug-likeness (QED) is 0.621. The predicted octanol–water partition coefficient (Wildman–Crippen LogP) is 0.839. The first kappa shape index (κ1) is 9.36. The molecule has 1 aliphatic heterocycles. The van der Waals surface area contributed by atoms with Gasteiger partial charge in [0, 0.05) is 5.75 Å². The van der Waals surface area contributed by atoms with E-state index in [0.717, 1.165) is 12.2 Å². The van der Waals surface area contributed by atoms with E-state index < -0.39 is 0 Å². The number of nitrogens with two attached hydrogens (primary N) is 1. The van der Waals surface area contributed by atoms with Gasteiger partial charge < -0.3 is 10.8 Å². The van der Waals surface area contributed by atoms with E-state index in [1.54, 1.807) is 0 Å². The largest absolute Gasteiger partial charge is 0.394 e. The molecule has 1 atom stereocenters. The Hall–Kier alpha value is 0.270. The molecule has 1 saturated heterocycles. The van der Waals surface area contributed by atoms with Crippen molar-refractivity contribution in [2.75, 3.05) is 18.1 Å². The molecular formula is C8H17NOS. The summed E-state index contributed by atoms with van der Waals surface area (Å²) in [7, 11) is 0. The van der Waals surface area contributed by atoms with Gasteiger partial charge in [-0.2, -0.15) is 11.8 Å². The molecule has 0 bridgehead atoms. The molecular weight excluding hydrogens is 158 g/mol. The van der Waals surface area contributed by atoms with Crippen molar-refractivity contribution in [2.24, 2.45) is 11.1 Å². The predicted molar refractivity (Wildman–Crippen MR) is 49.7 cm³/mol. The summed E-state index contributed by atoms with van der Waals surface area (Å²) in [5.41, 5.74) is 5.79. The molecule has 0 aromatic rings. The van der Waals surface area contributed by atoms with Crippen LogP contribution in [0.25, 0.3) is 0 Å². The minimum absolute atomic E-state index is 0.0903. The highest BCUT2D eigenvalue weighted by Crippen LogP contribution is 2.40. The number of thioether (sulfide) groups is 1. The lowest BCUT2D eigenvalue weighted by Crippen LogP contribution is -2.59. The van der Waals surface area contributed by atoms with Crippen LogP contribution >= 0.6 is 11.8 Å². The normalized spacial score (nSPS) is 37.1. The third kappa shape index (κ3) is 1.55. The van der Waals surface area contributed by atoms with E-state index in [-0.39, 0.29) is 17.6 Å². The maximum absolute atomic E-state index is 9.15. The zero-order chi connectivity index (χ0) is 8.54. The lowest BCUT2D eigenvalue weighted by atomic mass is 9.72. The molecule has 0 spiro atoms. The first-order valence-electron chi connectivity index (χ1n) is 3.99. The number of rotatable bonds is 1. The third-order valence-corrected chi connectivity index (χ3v) is 4.07. The summed E-state index contributed by atoms with van der Waals surface area (Å²) in [6, 6.07) is 0. The highest BCUT2D eigenvalue weighted by Gasteiger charge is 2.43. The Balaban J connectivity index is 2.74. The minimum Gasteiger partial charge on any atom is -0.394 e. The SMILES string of the molecule is CC1(C)CCSCC1(N)CO. The first-order chi connectivity index (χ1) is 5.02. The number of hydrogen-bond donors (Lipinski definition) is 2. The first-order valence-corrected chi connectivity index (χ1v) is 5.15. The van der Waals surface area contributed by atoms with Gasteiger partial charge in [-0.15, -0.1) is 0 Å². The Kier molecular flexibility index (Phi) is 2.52. The number of aliphatic hydroxyl groups excluding tert-OH is 1. The van der Waals surface area contributed by atoms with Gasteiger partial charge >= 0.3 is 0 Å². The van der Waals surface area contributed by atoms with E-state index in [1.165, 1.54) is 5.75 Å². The standard InChI is InChI=1S/C8H17NOS/c1-7(2)3-4-11-6-8(7,9)5-10/h10H,3-6,9H2,1-2H3. The fraction of sp³-hybridized carbons (Fsp3) is 1.00. The Morgan fingerprint density at radius 3 is 2.55 bits per heavy atom. The molecule has 1 unspecified atom stereocenters. The van der Waals surface area contributed by atoms with Crippen molar-refractivity contribution in [1.82, 2.24) is 0 Å². The lowest BCUT2D eigenvalue weighted by Gasteiger charge is -2.46. The van der Waals surface area contributed by atoms with E-state index in [0.29, 0.717) is 0 Å². The second kappa shape index (κ2) is 2.96. The van der Waals surface area contributed by atoms with Crippen molar-refractivity contribution in [3.8, 4) is 0 Å². The van der Waals surface area contributed by atoms with Crippen molar-refractivity contribution >= 4 is 11.8 Å². The van der Waals surface area contributed by atoms with Gasteiger partial charge in [0.05, 0.1) is 12.1 Å². The van der Waals surface area contributed by atoms with E-state index in [2.05, 4.69) is 13.8 Å². The van der Waals surface area contributed by atoms with Crippen LogP contribution in [0.2, 0.25) is 0 Å². The fourth-order valence-corrected chi connectivity index (χ4v) is 2.93. The van der Waals surface area contributed by atoms with Crippen LogP contribution in [-0.4, -0.2) is 28.8 Å². The Labute approximate surface area is 72.5 Å². The third-order valence-electron chi connectivity index (χ3n) is 2.86. The molecule has 66 valence electrons. The molecule has 1 fully saturated rings. The molecule has 3 heteroatoms. The highest BCUT2D eigenvalue weighted by atomic mass is 32.2. The highest BCUT2D eigenvalue weighted by molar-refractivity contribution is 7.99. The summed E-state index contributed by atoms with van der Waals surface area (Å²) >= 11 is 1.84. The molecule has 0 amide bonds. The molecule has 0 radical (unpaired) electrons. The molecule has 1 rings (SSSR count). The van der Waals surface area contributed by atoms with Crippen LogP contribution in [0, 0.1) is 5.41 Å². The molecule has 2 nitrogen and oxygen atoms in total. The summed E-state index contributed by atoms with van der Waals surface area (Å²) < 4.78 is 0. The van der Waals surface area contributed by atoms with Crippen LogP contribution in [0.15, 0.2) is 0 Å². The summed E-state index contributed by atoms with van der Waals surface area (Å²) in [5, 5.41) is 9.15. The molecule has 3 N–H and O–H groups in total. The zero-order valence-electron chi connectivity index (χ0n) is 7.26. The van der Waals surface area contributed by atoms with Crippen LogP contribution < -0.4 is 5.73 Å². The van der Waals surface area contributed by atoms with Gasteiger partial charge in [0.2, 0.25) is 0 Å². The van der Waals surface area contributed by atoms with E-state index >= 15 is 0 Å². The zero-order valence-corrected chi connectivity index (χ0v) is 8.08. The average Bonchev–Trinajstić information content (AvgIpc) is 1.95. The molecule has 11 heavy (non-hydrogen) atoms. The minimum atomic E-state index is -0.365. The summed E-state index contributed by atoms with van der Waals surface area (Å²) in [5.74, 6) is 2.06. The van der Waals surface area contributed by atoms with Gasteiger partial charge in [0.15, 0.2) is 0 Å². The average molecular weight is 175 g/mol. The summed E-state index contributed by atoms with van der Waals surface area (Å²) in [6.45, 7) is 4.39. The van der Waals surface area contributed by atoms with Gasteiger partial charge in [0.25, 0.3) is 0 Å². The van der Waals surface area contributed by atoms with Crippen molar-refractivity contribution in [3.05, 3.63) is 0 Å². The maximum Gasteiger partial charge on any atom is 0.0624 e. The van der Waals surface area contributed by atoms with E-state index in [1.807, 2.05) is 11.8 Å². The molecule has 1 aliphatic rings. The van der Waals surface area contributed by atoms with Gasteiger partial charge in [0.1, 0.15) is 0 Å². The van der Waals surface area contributed by atoms with Crippen LogP contribution in [0.5, 0.6) is 0 Å². The van der Waals surface area contributed by atoms with Crippen molar-refractivity contribution in [1.29, 1.82) is 0 Å². The van der Waals surface area contributed by atoms with Crippen molar-refractivity contribution < 1.29 is 5.11 Å². The molecule has 0 aliphatic carbocycles. The number of hydrogen-bond acceptors (Lipinski definition) is 3.